The van der Waals surface area contributed by atoms with E-state index in [1.807, 2.05) is 0 Å². The quantitative estimate of drug-likeness (QED) is 0.105. The van der Waals surface area contributed by atoms with Crippen molar-refractivity contribution in [2.75, 3.05) is 6.54 Å². The highest BCUT2D eigenvalue weighted by atomic mass is 16.4. The number of carbonyl (C=O) groups excluding carboxylic acids is 5. The molecule has 0 aliphatic heterocycles. The van der Waals surface area contributed by atoms with E-state index in [2.05, 4.69) is 16.0 Å². The van der Waals surface area contributed by atoms with Gasteiger partial charge >= 0.3 is 5.97 Å². The summed E-state index contributed by atoms with van der Waals surface area (Å²) in [6, 6.07) is -4.94. The molecule has 0 radical (unpaired) electrons. The van der Waals surface area contributed by atoms with Crippen LogP contribution in [0.1, 0.15) is 45.4 Å². The van der Waals surface area contributed by atoms with Gasteiger partial charge < -0.3 is 44.0 Å². The molecule has 4 atom stereocenters. The van der Waals surface area contributed by atoms with Crippen molar-refractivity contribution in [2.45, 2.75) is 69.6 Å². The largest absolute Gasteiger partial charge is 0.480 e. The van der Waals surface area contributed by atoms with Crippen LogP contribution in [0.2, 0.25) is 0 Å². The second-order valence-electron chi connectivity index (χ2n) is 7.26. The normalized spacial score (nSPS) is 14.3. The van der Waals surface area contributed by atoms with Crippen LogP contribution in [0.5, 0.6) is 0 Å². The maximum absolute atomic E-state index is 12.8. The van der Waals surface area contributed by atoms with Crippen LogP contribution in [-0.2, 0) is 28.8 Å². The number of aliphatic carboxylic acids is 1. The number of amides is 5. The standard InChI is InChI=1S/C18H33N7O7/c1-9(18(31)32)23-16(29)11(4-2-3-7-19)25-17(30)12(5-6-13(21)26)24-15(28)10(20)8-14(22)27/h9-12H,2-8,19-20H2,1H3,(H2,21,26)(H2,22,27)(H,23,29)(H,24,28)(H,25,30)(H,31,32). The van der Waals surface area contributed by atoms with Crippen LogP contribution in [0.25, 0.3) is 0 Å². The summed E-state index contributed by atoms with van der Waals surface area (Å²) in [6.45, 7) is 1.61. The molecule has 0 rings (SSSR count). The molecule has 4 unspecified atom stereocenters. The van der Waals surface area contributed by atoms with Gasteiger partial charge in [0, 0.05) is 6.42 Å². The summed E-state index contributed by atoms with van der Waals surface area (Å²) in [5, 5.41) is 16.0. The number of hydrogen-bond acceptors (Lipinski definition) is 8. The Kier molecular flexibility index (Phi) is 13.2. The third-order valence-electron chi connectivity index (χ3n) is 4.38. The minimum Gasteiger partial charge on any atom is -0.480 e. The van der Waals surface area contributed by atoms with Gasteiger partial charge in [-0.1, -0.05) is 0 Å². The lowest BCUT2D eigenvalue weighted by Crippen LogP contribution is -2.57. The molecule has 14 nitrogen and oxygen atoms in total. The smallest absolute Gasteiger partial charge is 0.325 e. The number of carboxylic acids is 1. The maximum atomic E-state index is 12.8. The van der Waals surface area contributed by atoms with Crippen molar-refractivity contribution >= 4 is 35.5 Å². The topological polar surface area (TPSA) is 263 Å². The Morgan fingerprint density at radius 3 is 1.84 bits per heavy atom. The monoisotopic (exact) mass is 459 g/mol. The van der Waals surface area contributed by atoms with E-state index in [9.17, 15) is 28.8 Å². The zero-order chi connectivity index (χ0) is 24.8. The van der Waals surface area contributed by atoms with Gasteiger partial charge in [-0.05, 0) is 39.2 Å². The van der Waals surface area contributed by atoms with Crippen molar-refractivity contribution in [3.63, 3.8) is 0 Å². The molecule has 0 saturated heterocycles. The summed E-state index contributed by atoms with van der Waals surface area (Å²) in [7, 11) is 0. The highest BCUT2D eigenvalue weighted by Gasteiger charge is 2.29. The lowest BCUT2D eigenvalue weighted by atomic mass is 10.1. The second-order valence-corrected chi connectivity index (χ2v) is 7.26. The van der Waals surface area contributed by atoms with Crippen molar-refractivity contribution < 1.29 is 33.9 Å². The van der Waals surface area contributed by atoms with Gasteiger partial charge in [-0.3, -0.25) is 28.8 Å². The molecule has 0 aromatic carbocycles. The molecule has 12 N–H and O–H groups in total. The van der Waals surface area contributed by atoms with E-state index in [0.29, 0.717) is 19.4 Å². The van der Waals surface area contributed by atoms with Gasteiger partial charge in [0.05, 0.1) is 12.5 Å². The predicted molar refractivity (Wildman–Crippen MR) is 112 cm³/mol. The first-order valence-electron chi connectivity index (χ1n) is 10.0. The van der Waals surface area contributed by atoms with Crippen molar-refractivity contribution in [2.24, 2.45) is 22.9 Å². The minimum absolute atomic E-state index is 0.152. The van der Waals surface area contributed by atoms with E-state index in [-0.39, 0.29) is 19.3 Å². The highest BCUT2D eigenvalue weighted by Crippen LogP contribution is 2.05. The van der Waals surface area contributed by atoms with Gasteiger partial charge in [0.2, 0.25) is 29.5 Å². The van der Waals surface area contributed by atoms with Crippen LogP contribution in [-0.4, -0.2) is 71.3 Å². The van der Waals surface area contributed by atoms with Crippen LogP contribution in [0.4, 0.5) is 0 Å². The molecule has 14 heteroatoms. The van der Waals surface area contributed by atoms with E-state index < -0.39 is 66.1 Å². The maximum Gasteiger partial charge on any atom is 0.325 e. The number of rotatable bonds is 16. The van der Waals surface area contributed by atoms with Crippen molar-refractivity contribution in [3.8, 4) is 0 Å². The van der Waals surface area contributed by atoms with E-state index in [4.69, 9.17) is 28.0 Å². The predicted octanol–water partition coefficient (Wildman–Crippen LogP) is -3.86. The fourth-order valence-electron chi connectivity index (χ4n) is 2.55. The fraction of sp³-hybridized carbons (Fsp3) is 0.667. The molecule has 32 heavy (non-hydrogen) atoms. The third kappa shape index (κ3) is 11.8. The van der Waals surface area contributed by atoms with Gasteiger partial charge in [-0.2, -0.15) is 0 Å². The number of unbranched alkanes of at least 4 members (excludes halogenated alkanes) is 1. The molecule has 0 fully saturated rings. The van der Waals surface area contributed by atoms with Crippen LogP contribution >= 0.6 is 0 Å². The fourth-order valence-corrected chi connectivity index (χ4v) is 2.55. The number of hydrogen-bond donors (Lipinski definition) is 8. The Morgan fingerprint density at radius 1 is 0.812 bits per heavy atom. The molecule has 0 aliphatic carbocycles. The van der Waals surface area contributed by atoms with E-state index in [1.54, 1.807) is 0 Å². The average Bonchev–Trinajstić information content (AvgIpc) is 2.69. The molecule has 0 spiro atoms. The average molecular weight is 460 g/mol. The first kappa shape index (κ1) is 28.7. The number of carboxylic acid groups (broad SMARTS) is 1. The number of primary amides is 2. The van der Waals surface area contributed by atoms with E-state index in [1.165, 1.54) is 6.92 Å². The van der Waals surface area contributed by atoms with Gasteiger partial charge in [0.15, 0.2) is 0 Å². The molecular weight excluding hydrogens is 426 g/mol. The van der Waals surface area contributed by atoms with Crippen molar-refractivity contribution in [1.82, 2.24) is 16.0 Å². The van der Waals surface area contributed by atoms with Crippen LogP contribution in [0.15, 0.2) is 0 Å². The number of nitrogens with one attached hydrogen (secondary N) is 3. The first-order valence-corrected chi connectivity index (χ1v) is 10.0. The van der Waals surface area contributed by atoms with Crippen LogP contribution < -0.4 is 38.9 Å². The Hall–Kier alpha value is -3.26. The summed E-state index contributed by atoms with van der Waals surface area (Å²) in [6.07, 6.45) is 0.240. The second kappa shape index (κ2) is 14.7. The zero-order valence-corrected chi connectivity index (χ0v) is 18.0. The number of nitrogens with two attached hydrogens (primary N) is 4. The molecule has 5 amide bonds. The zero-order valence-electron chi connectivity index (χ0n) is 18.0. The van der Waals surface area contributed by atoms with Crippen molar-refractivity contribution in [3.05, 3.63) is 0 Å². The first-order chi connectivity index (χ1) is 14.9. The van der Waals surface area contributed by atoms with Gasteiger partial charge in [-0.25, -0.2) is 0 Å². The van der Waals surface area contributed by atoms with Gasteiger partial charge in [0.25, 0.3) is 0 Å². The number of carbonyl (C=O) groups is 6. The molecule has 0 heterocycles. The van der Waals surface area contributed by atoms with Crippen molar-refractivity contribution in [1.29, 1.82) is 0 Å². The Morgan fingerprint density at radius 2 is 1.34 bits per heavy atom. The van der Waals surface area contributed by atoms with E-state index >= 15 is 0 Å². The Bertz CT molecular complexity index is 701. The van der Waals surface area contributed by atoms with Gasteiger partial charge in [0.1, 0.15) is 18.1 Å². The van der Waals surface area contributed by atoms with E-state index in [0.717, 1.165) is 0 Å². The highest BCUT2D eigenvalue weighted by molar-refractivity contribution is 5.95. The lowest BCUT2D eigenvalue weighted by molar-refractivity contribution is -0.141. The van der Waals surface area contributed by atoms with Gasteiger partial charge in [-0.15, -0.1) is 0 Å². The molecule has 182 valence electrons. The summed E-state index contributed by atoms with van der Waals surface area (Å²) >= 11 is 0. The van der Waals surface area contributed by atoms with Crippen LogP contribution in [0, 0.1) is 0 Å². The summed E-state index contributed by atoms with van der Waals surface area (Å²) in [5.41, 5.74) is 21.1. The molecule has 0 saturated carbocycles. The molecular formula is C18H33N7O7. The third-order valence-corrected chi connectivity index (χ3v) is 4.38. The summed E-state index contributed by atoms with van der Waals surface area (Å²) < 4.78 is 0. The Labute approximate surface area is 185 Å². The Balaban J connectivity index is 5.41. The molecule has 0 aromatic rings. The summed E-state index contributed by atoms with van der Waals surface area (Å²) in [4.78, 5) is 70.5. The SMILES string of the molecule is CC(NC(=O)C(CCCCN)NC(=O)C(CCC(N)=O)NC(=O)C(N)CC(N)=O)C(=O)O. The molecule has 0 bridgehead atoms. The lowest BCUT2D eigenvalue weighted by Gasteiger charge is -2.24. The molecule has 0 aliphatic rings. The minimum atomic E-state index is -1.32. The molecule has 0 aromatic heterocycles. The van der Waals surface area contributed by atoms with Crippen LogP contribution in [0.3, 0.4) is 0 Å². The summed E-state index contributed by atoms with van der Waals surface area (Å²) in [5.74, 6) is -5.24.